The van der Waals surface area contributed by atoms with Crippen LogP contribution in [0, 0.1) is 5.82 Å². The molecule has 31 heavy (non-hydrogen) atoms. The molecule has 0 saturated carbocycles. The summed E-state index contributed by atoms with van der Waals surface area (Å²) in [5.74, 6) is -2.15. The van der Waals surface area contributed by atoms with Crippen LogP contribution in [0.25, 0.3) is 5.69 Å². The van der Waals surface area contributed by atoms with Crippen LogP contribution in [0.15, 0.2) is 53.8 Å². The predicted octanol–water partition coefficient (Wildman–Crippen LogP) is 3.81. The first kappa shape index (κ1) is 22.6. The first-order valence-corrected chi connectivity index (χ1v) is 10.1. The summed E-state index contributed by atoms with van der Waals surface area (Å²) in [5.41, 5.74) is -1.95. The van der Waals surface area contributed by atoms with Crippen LogP contribution in [-0.4, -0.2) is 31.0 Å². The number of sulfonamides is 1. The van der Waals surface area contributed by atoms with Gasteiger partial charge in [-0.25, -0.2) is 22.5 Å². The number of hydrogen-bond donors (Lipinski definition) is 1. The lowest BCUT2D eigenvalue weighted by Gasteiger charge is -2.10. The summed E-state index contributed by atoms with van der Waals surface area (Å²) in [6.45, 7) is 0. The Morgan fingerprint density at radius 3 is 2.55 bits per heavy atom. The number of methoxy groups -OCH3 is 1. The van der Waals surface area contributed by atoms with Crippen molar-refractivity contribution >= 4 is 27.5 Å². The van der Waals surface area contributed by atoms with Gasteiger partial charge in [-0.15, -0.1) is 0 Å². The molecule has 7 nitrogen and oxygen atoms in total. The summed E-state index contributed by atoms with van der Waals surface area (Å²) in [6.07, 6.45) is -2.90. The molecule has 2 aromatic carbocycles. The Hall–Kier alpha value is -3.12. The molecular formula is C18H12ClF4N3O4S. The molecule has 0 spiro atoms. The quantitative estimate of drug-likeness (QED) is 0.564. The highest BCUT2D eigenvalue weighted by atomic mass is 35.5. The highest BCUT2D eigenvalue weighted by Crippen LogP contribution is 2.31. The van der Waals surface area contributed by atoms with Gasteiger partial charge in [0.25, 0.3) is 15.9 Å². The number of amides is 1. The molecular weight excluding hydrogens is 466 g/mol. The molecule has 0 bridgehead atoms. The molecule has 0 atom stereocenters. The minimum Gasteiger partial charge on any atom is -0.497 e. The van der Waals surface area contributed by atoms with E-state index in [9.17, 15) is 30.8 Å². The maximum atomic E-state index is 13.6. The molecule has 0 aliphatic heterocycles. The first-order chi connectivity index (χ1) is 14.4. The third kappa shape index (κ3) is 4.97. The molecule has 0 radical (unpaired) electrons. The van der Waals surface area contributed by atoms with Gasteiger partial charge in [0.15, 0.2) is 0 Å². The normalized spacial score (nSPS) is 11.9. The Bertz CT molecular complexity index is 1260. The van der Waals surface area contributed by atoms with Crippen LogP contribution in [0.1, 0.15) is 16.1 Å². The highest BCUT2D eigenvalue weighted by Gasteiger charge is 2.31. The molecule has 1 amide bonds. The number of hydrogen-bond acceptors (Lipinski definition) is 5. The van der Waals surface area contributed by atoms with Gasteiger partial charge in [-0.2, -0.15) is 13.2 Å². The molecule has 0 aliphatic carbocycles. The van der Waals surface area contributed by atoms with Gasteiger partial charge in [0.2, 0.25) is 0 Å². The number of nitrogens with one attached hydrogen (secondary N) is 1. The van der Waals surface area contributed by atoms with Crippen LogP contribution in [0.5, 0.6) is 5.75 Å². The van der Waals surface area contributed by atoms with Crippen molar-refractivity contribution in [1.29, 1.82) is 0 Å². The lowest BCUT2D eigenvalue weighted by atomic mass is 10.2. The standard InChI is InChI=1S/C18H12ClF4N3O4S/c1-30-13-2-3-14(19)16(7-13)31(28,29)25-17(27)15-8-26(9-24-15)12-5-10(18(21,22)23)4-11(20)6-12/h2-9H,1H3,(H,25,27). The molecule has 1 aromatic heterocycles. The van der Waals surface area contributed by atoms with Crippen LogP contribution in [0.2, 0.25) is 5.02 Å². The number of carbonyl (C=O) groups excluding carboxylic acids is 1. The predicted molar refractivity (Wildman–Crippen MR) is 101 cm³/mol. The number of ether oxygens (including phenoxy) is 1. The van der Waals surface area contributed by atoms with E-state index >= 15 is 0 Å². The van der Waals surface area contributed by atoms with Crippen molar-refractivity contribution in [2.75, 3.05) is 7.11 Å². The van der Waals surface area contributed by atoms with Crippen molar-refractivity contribution in [2.45, 2.75) is 11.1 Å². The maximum absolute atomic E-state index is 13.6. The molecule has 1 N–H and O–H groups in total. The highest BCUT2D eigenvalue weighted by molar-refractivity contribution is 7.90. The van der Waals surface area contributed by atoms with Gasteiger partial charge in [0.1, 0.15) is 28.5 Å². The summed E-state index contributed by atoms with van der Waals surface area (Å²) in [7, 11) is -3.12. The second-order valence-corrected chi connectivity index (χ2v) is 8.15. The van der Waals surface area contributed by atoms with Crippen LogP contribution in [0.4, 0.5) is 17.6 Å². The number of alkyl halides is 3. The van der Waals surface area contributed by atoms with Crippen molar-refractivity contribution in [2.24, 2.45) is 0 Å². The van der Waals surface area contributed by atoms with Crippen LogP contribution < -0.4 is 9.46 Å². The molecule has 3 aromatic rings. The fourth-order valence-electron chi connectivity index (χ4n) is 2.51. The van der Waals surface area contributed by atoms with E-state index in [4.69, 9.17) is 16.3 Å². The summed E-state index contributed by atoms with van der Waals surface area (Å²) in [5, 5.41) is -0.175. The number of benzene rings is 2. The first-order valence-electron chi connectivity index (χ1n) is 8.23. The van der Waals surface area contributed by atoms with Gasteiger partial charge in [-0.05, 0) is 30.3 Å². The number of aromatic nitrogens is 2. The minimum absolute atomic E-state index is 0.174. The zero-order chi connectivity index (χ0) is 23.0. The second kappa shape index (κ2) is 8.19. The Kier molecular flexibility index (Phi) is 5.96. The van der Waals surface area contributed by atoms with E-state index in [2.05, 4.69) is 4.98 Å². The van der Waals surface area contributed by atoms with Gasteiger partial charge >= 0.3 is 6.18 Å². The summed E-state index contributed by atoms with van der Waals surface area (Å²) < 4.78 is 84.9. The van der Waals surface area contributed by atoms with Crippen molar-refractivity contribution < 1.29 is 35.5 Å². The van der Waals surface area contributed by atoms with E-state index in [0.29, 0.717) is 12.1 Å². The molecule has 164 valence electrons. The fraction of sp³-hybridized carbons (Fsp3) is 0.111. The SMILES string of the molecule is COc1ccc(Cl)c(S(=O)(=O)NC(=O)c2cn(-c3cc(F)cc(C(F)(F)F)c3)cn2)c1. The second-order valence-electron chi connectivity index (χ2n) is 6.09. The van der Waals surface area contributed by atoms with Crippen molar-refractivity contribution in [3.05, 3.63) is 71.0 Å². The van der Waals surface area contributed by atoms with Crippen molar-refractivity contribution in [3.63, 3.8) is 0 Å². The van der Waals surface area contributed by atoms with E-state index in [1.165, 1.54) is 19.2 Å². The summed E-state index contributed by atoms with van der Waals surface area (Å²) >= 11 is 5.88. The Morgan fingerprint density at radius 1 is 1.19 bits per heavy atom. The number of imidazole rings is 1. The van der Waals surface area contributed by atoms with Crippen molar-refractivity contribution in [1.82, 2.24) is 14.3 Å². The third-order valence-electron chi connectivity index (χ3n) is 3.98. The van der Waals surface area contributed by atoms with Crippen molar-refractivity contribution in [3.8, 4) is 11.4 Å². The van der Waals surface area contributed by atoms with Crippen LogP contribution in [-0.2, 0) is 16.2 Å². The monoisotopic (exact) mass is 477 g/mol. The molecule has 0 aliphatic rings. The molecule has 0 unspecified atom stereocenters. The number of carbonyl (C=O) groups is 1. The van der Waals surface area contributed by atoms with Gasteiger partial charge in [0.05, 0.1) is 17.7 Å². The van der Waals surface area contributed by atoms with E-state index in [0.717, 1.165) is 29.2 Å². The van der Waals surface area contributed by atoms with E-state index < -0.39 is 44.1 Å². The smallest absolute Gasteiger partial charge is 0.416 e. The Balaban J connectivity index is 1.88. The van der Waals surface area contributed by atoms with Crippen LogP contribution >= 0.6 is 11.6 Å². The summed E-state index contributed by atoms with van der Waals surface area (Å²) in [6, 6.07) is 5.54. The zero-order valence-corrected chi connectivity index (χ0v) is 17.0. The Morgan fingerprint density at radius 2 is 1.90 bits per heavy atom. The Labute approximate surface area is 178 Å². The average molecular weight is 478 g/mol. The average Bonchev–Trinajstić information content (AvgIpc) is 3.17. The zero-order valence-electron chi connectivity index (χ0n) is 15.4. The number of halogens is 5. The lowest BCUT2D eigenvalue weighted by molar-refractivity contribution is -0.137. The van der Waals surface area contributed by atoms with Gasteiger partial charge < -0.3 is 9.30 Å². The lowest BCUT2D eigenvalue weighted by Crippen LogP contribution is -2.31. The molecule has 0 saturated heterocycles. The molecule has 0 fully saturated rings. The largest absolute Gasteiger partial charge is 0.497 e. The minimum atomic E-state index is -4.79. The molecule has 1 heterocycles. The third-order valence-corrected chi connectivity index (χ3v) is 5.79. The van der Waals surface area contributed by atoms with E-state index in [1.807, 2.05) is 0 Å². The molecule has 3 rings (SSSR count). The topological polar surface area (TPSA) is 90.3 Å². The maximum Gasteiger partial charge on any atom is 0.416 e. The van der Waals surface area contributed by atoms with Gasteiger partial charge in [-0.1, -0.05) is 11.6 Å². The fourth-order valence-corrected chi connectivity index (χ4v) is 3.99. The van der Waals surface area contributed by atoms with Crippen LogP contribution in [0.3, 0.4) is 0 Å². The summed E-state index contributed by atoms with van der Waals surface area (Å²) in [4.78, 5) is 15.6. The number of nitrogens with zero attached hydrogens (tertiary/aromatic N) is 2. The van der Waals surface area contributed by atoms with E-state index in [1.54, 1.807) is 4.72 Å². The van der Waals surface area contributed by atoms with Gasteiger partial charge in [-0.3, -0.25) is 4.79 Å². The molecule has 13 heteroatoms. The van der Waals surface area contributed by atoms with E-state index in [-0.39, 0.29) is 16.5 Å². The number of rotatable bonds is 5. The van der Waals surface area contributed by atoms with Gasteiger partial charge in [0, 0.05) is 18.0 Å².